The van der Waals surface area contributed by atoms with Crippen LogP contribution in [0.2, 0.25) is 0 Å². The third kappa shape index (κ3) is 2.63. The molecule has 1 aromatic heterocycles. The maximum absolute atomic E-state index is 11.7. The van der Waals surface area contributed by atoms with E-state index in [9.17, 15) is 18.0 Å². The van der Waals surface area contributed by atoms with Gasteiger partial charge in [0.15, 0.2) is 0 Å². The minimum atomic E-state index is -4.29. The van der Waals surface area contributed by atoms with Crippen molar-refractivity contribution in [1.82, 2.24) is 15.1 Å². The highest BCUT2D eigenvalue weighted by atomic mass is 32.2. The summed E-state index contributed by atoms with van der Waals surface area (Å²) in [4.78, 5) is 22.8. The summed E-state index contributed by atoms with van der Waals surface area (Å²) in [7, 11) is -2.86. The molecule has 0 unspecified atom stereocenters. The van der Waals surface area contributed by atoms with Gasteiger partial charge >= 0.3 is 0 Å². The van der Waals surface area contributed by atoms with E-state index in [2.05, 4.69) is 10.4 Å². The Bertz CT molecular complexity index is 801. The molecule has 0 atom stereocenters. The van der Waals surface area contributed by atoms with Gasteiger partial charge in [-0.1, -0.05) is 0 Å². The first-order valence-corrected chi connectivity index (χ1v) is 6.89. The van der Waals surface area contributed by atoms with Crippen LogP contribution in [0.4, 0.5) is 0 Å². The van der Waals surface area contributed by atoms with Gasteiger partial charge in [-0.05, 0) is 24.3 Å². The molecule has 2 rings (SSSR count). The number of carbonyl (C=O) groups is 1. The molecule has 8 nitrogen and oxygen atoms in total. The number of amides is 1. The van der Waals surface area contributed by atoms with E-state index in [1.807, 2.05) is 0 Å². The monoisotopic (exact) mass is 297 g/mol. The number of aromatic nitrogens is 2. The lowest BCUT2D eigenvalue weighted by Crippen LogP contribution is -2.18. The lowest BCUT2D eigenvalue weighted by molar-refractivity contribution is 0.0957. The van der Waals surface area contributed by atoms with Gasteiger partial charge in [0.25, 0.3) is 21.6 Å². The number of hydrogen-bond acceptors (Lipinski definition) is 4. The zero-order valence-corrected chi connectivity index (χ0v) is 11.1. The van der Waals surface area contributed by atoms with E-state index < -0.39 is 21.6 Å². The molecule has 1 aromatic carbocycles. The van der Waals surface area contributed by atoms with Crippen LogP contribution in [0.25, 0.3) is 5.69 Å². The third-order valence-corrected chi connectivity index (χ3v) is 3.45. The van der Waals surface area contributed by atoms with Crippen LogP contribution in [0.1, 0.15) is 10.5 Å². The summed E-state index contributed by atoms with van der Waals surface area (Å²) in [5, 5.41) is 4.95. The SMILES string of the molecule is CNC(=O)c1cc(=O)n(-c2ccc(S(=O)(=O)O)cc2)[nH]1. The standard InChI is InChI=1S/C11H11N3O5S/c1-12-11(16)9-6-10(15)14(13-9)7-2-4-8(5-3-7)20(17,18)19/h2-6,13H,1H3,(H,12,16)(H,17,18,19). The third-order valence-electron chi connectivity index (χ3n) is 2.58. The second-order valence-corrected chi connectivity index (χ2v) is 5.31. The Morgan fingerprint density at radius 2 is 1.90 bits per heavy atom. The van der Waals surface area contributed by atoms with Crippen LogP contribution in [0.15, 0.2) is 40.0 Å². The van der Waals surface area contributed by atoms with Crippen LogP contribution >= 0.6 is 0 Å². The fraction of sp³-hybridized carbons (Fsp3) is 0.0909. The van der Waals surface area contributed by atoms with Crippen molar-refractivity contribution in [3.63, 3.8) is 0 Å². The fourth-order valence-electron chi connectivity index (χ4n) is 1.61. The number of nitrogens with zero attached hydrogens (tertiary/aromatic N) is 1. The molecule has 0 aliphatic rings. The second-order valence-electron chi connectivity index (χ2n) is 3.89. The van der Waals surface area contributed by atoms with E-state index in [0.717, 1.165) is 22.9 Å². The van der Waals surface area contributed by atoms with Crippen LogP contribution in [0.5, 0.6) is 0 Å². The molecular formula is C11H11N3O5S. The van der Waals surface area contributed by atoms with Crippen LogP contribution < -0.4 is 10.9 Å². The highest BCUT2D eigenvalue weighted by Gasteiger charge is 2.12. The van der Waals surface area contributed by atoms with Gasteiger partial charge in [0.2, 0.25) is 0 Å². The molecular weight excluding hydrogens is 286 g/mol. The number of nitrogens with one attached hydrogen (secondary N) is 2. The molecule has 106 valence electrons. The van der Waals surface area contributed by atoms with E-state index in [-0.39, 0.29) is 10.6 Å². The van der Waals surface area contributed by atoms with E-state index in [1.165, 1.54) is 19.2 Å². The Labute approximate surface area is 113 Å². The summed E-state index contributed by atoms with van der Waals surface area (Å²) in [5.74, 6) is -0.449. The van der Waals surface area contributed by atoms with Gasteiger partial charge in [0, 0.05) is 13.1 Å². The van der Waals surface area contributed by atoms with Gasteiger partial charge in [-0.25, -0.2) is 4.68 Å². The molecule has 3 N–H and O–H groups in total. The smallest absolute Gasteiger partial charge is 0.294 e. The number of rotatable bonds is 3. The first-order valence-electron chi connectivity index (χ1n) is 5.45. The van der Waals surface area contributed by atoms with E-state index in [4.69, 9.17) is 4.55 Å². The Balaban J connectivity index is 2.45. The molecule has 0 bridgehead atoms. The molecule has 20 heavy (non-hydrogen) atoms. The van der Waals surface area contributed by atoms with Gasteiger partial charge < -0.3 is 5.32 Å². The summed E-state index contributed by atoms with van der Waals surface area (Å²) in [6.07, 6.45) is 0. The summed E-state index contributed by atoms with van der Waals surface area (Å²) in [5.41, 5.74) is -0.0582. The van der Waals surface area contributed by atoms with Crippen LogP contribution in [-0.4, -0.2) is 35.7 Å². The highest BCUT2D eigenvalue weighted by Crippen LogP contribution is 2.12. The summed E-state index contributed by atoms with van der Waals surface area (Å²) >= 11 is 0. The van der Waals surface area contributed by atoms with Crippen molar-refractivity contribution in [2.45, 2.75) is 4.90 Å². The number of aromatic amines is 1. The molecule has 0 spiro atoms. The van der Waals surface area contributed by atoms with Crippen LogP contribution in [0, 0.1) is 0 Å². The number of carbonyl (C=O) groups excluding carboxylic acids is 1. The predicted octanol–water partition coefficient (Wildman–Crippen LogP) is -0.228. The minimum absolute atomic E-state index is 0.0800. The Kier molecular flexibility index (Phi) is 3.47. The topological polar surface area (TPSA) is 121 Å². The van der Waals surface area contributed by atoms with Crippen LogP contribution in [-0.2, 0) is 10.1 Å². The van der Waals surface area contributed by atoms with Crippen LogP contribution in [0.3, 0.4) is 0 Å². The molecule has 0 saturated heterocycles. The van der Waals surface area contributed by atoms with Gasteiger partial charge in [0.05, 0.1) is 10.6 Å². The number of H-pyrrole nitrogens is 1. The number of hydrogen-bond donors (Lipinski definition) is 3. The second kappa shape index (κ2) is 4.94. The van der Waals surface area contributed by atoms with Crippen molar-refractivity contribution >= 4 is 16.0 Å². The summed E-state index contributed by atoms with van der Waals surface area (Å²) in [6, 6.07) is 6.08. The van der Waals surface area contributed by atoms with Crippen molar-refractivity contribution < 1.29 is 17.8 Å². The largest absolute Gasteiger partial charge is 0.354 e. The maximum Gasteiger partial charge on any atom is 0.294 e. The predicted molar refractivity (Wildman–Crippen MR) is 69.6 cm³/mol. The summed E-state index contributed by atoms with van der Waals surface area (Å²) < 4.78 is 31.8. The average molecular weight is 297 g/mol. The maximum atomic E-state index is 11.7. The van der Waals surface area contributed by atoms with Gasteiger partial charge in [-0.3, -0.25) is 19.2 Å². The molecule has 0 fully saturated rings. The molecule has 1 amide bonds. The molecule has 0 saturated carbocycles. The van der Waals surface area contributed by atoms with Crippen molar-refractivity contribution in [1.29, 1.82) is 0 Å². The van der Waals surface area contributed by atoms with Crippen molar-refractivity contribution in [2.75, 3.05) is 7.05 Å². The van der Waals surface area contributed by atoms with E-state index in [1.54, 1.807) is 0 Å². The normalized spacial score (nSPS) is 11.3. The molecule has 9 heteroatoms. The molecule has 1 heterocycles. The fourth-order valence-corrected chi connectivity index (χ4v) is 2.09. The molecule has 0 radical (unpaired) electrons. The lowest BCUT2D eigenvalue weighted by Gasteiger charge is -2.03. The average Bonchev–Trinajstić information content (AvgIpc) is 2.79. The highest BCUT2D eigenvalue weighted by molar-refractivity contribution is 7.85. The van der Waals surface area contributed by atoms with Gasteiger partial charge in [0.1, 0.15) is 5.69 Å². The van der Waals surface area contributed by atoms with Crippen molar-refractivity contribution in [3.05, 3.63) is 46.4 Å². The molecule has 2 aromatic rings. The van der Waals surface area contributed by atoms with E-state index >= 15 is 0 Å². The quantitative estimate of drug-likeness (QED) is 0.676. The minimum Gasteiger partial charge on any atom is -0.354 e. The van der Waals surface area contributed by atoms with Crippen molar-refractivity contribution in [2.24, 2.45) is 0 Å². The lowest BCUT2D eigenvalue weighted by atomic mass is 10.3. The molecule has 0 aliphatic heterocycles. The molecule has 0 aliphatic carbocycles. The zero-order valence-electron chi connectivity index (χ0n) is 10.3. The zero-order chi connectivity index (χ0) is 14.9. The Hall–Kier alpha value is -2.39. The van der Waals surface area contributed by atoms with Crippen molar-refractivity contribution in [3.8, 4) is 5.69 Å². The Morgan fingerprint density at radius 3 is 2.40 bits per heavy atom. The van der Waals surface area contributed by atoms with Gasteiger partial charge in [-0.2, -0.15) is 8.42 Å². The first kappa shape index (κ1) is 14.0. The number of benzene rings is 1. The van der Waals surface area contributed by atoms with E-state index in [0.29, 0.717) is 5.69 Å². The Morgan fingerprint density at radius 1 is 1.30 bits per heavy atom. The van der Waals surface area contributed by atoms with Gasteiger partial charge in [-0.15, -0.1) is 0 Å². The summed E-state index contributed by atoms with van der Waals surface area (Å²) in [6.45, 7) is 0. The first-order chi connectivity index (χ1) is 9.32.